The monoisotopic (exact) mass is 530 g/mol. The Morgan fingerprint density at radius 3 is 1.24 bits per heavy atom. The topological polar surface area (TPSA) is 0 Å². The van der Waals surface area contributed by atoms with Crippen molar-refractivity contribution < 1.29 is 0 Å². The molecule has 2 heteroatoms. The van der Waals surface area contributed by atoms with Crippen LogP contribution >= 0.6 is 22.7 Å². The lowest BCUT2D eigenvalue weighted by Gasteiger charge is -2.31. The van der Waals surface area contributed by atoms with Gasteiger partial charge in [-0.3, -0.25) is 0 Å². The summed E-state index contributed by atoms with van der Waals surface area (Å²) in [5.74, 6) is 0. The Kier molecular flexibility index (Phi) is 4.96. The van der Waals surface area contributed by atoms with Gasteiger partial charge in [-0.15, -0.1) is 22.7 Å². The lowest BCUT2D eigenvalue weighted by molar-refractivity contribution is 0.601. The van der Waals surface area contributed by atoms with Gasteiger partial charge < -0.3 is 0 Å². The van der Waals surface area contributed by atoms with Crippen LogP contribution in [0.3, 0.4) is 0 Å². The van der Waals surface area contributed by atoms with Crippen LogP contribution in [-0.2, 0) is 10.8 Å². The molecule has 2 heterocycles. The van der Waals surface area contributed by atoms with E-state index >= 15 is 0 Å². The van der Waals surface area contributed by atoms with Gasteiger partial charge in [-0.1, -0.05) is 39.8 Å². The van der Waals surface area contributed by atoms with Crippen LogP contribution in [0.2, 0.25) is 0 Å². The summed E-state index contributed by atoms with van der Waals surface area (Å²) < 4.78 is 0. The molecule has 2 aromatic heterocycles. The predicted octanol–water partition coefficient (Wildman–Crippen LogP) is 11.0. The normalized spacial score (nSPS) is 15.8. The summed E-state index contributed by atoms with van der Waals surface area (Å²) in [4.78, 5) is 5.46. The Balaban J connectivity index is 1.46. The van der Waals surface area contributed by atoms with Gasteiger partial charge in [0.2, 0.25) is 0 Å². The fourth-order valence-electron chi connectivity index (χ4n) is 7.33. The van der Waals surface area contributed by atoms with Crippen LogP contribution in [0.4, 0.5) is 0 Å². The molecule has 0 aliphatic heterocycles. The summed E-state index contributed by atoms with van der Waals surface area (Å²) in [7, 11) is 0. The Bertz CT molecular complexity index is 1670. The van der Waals surface area contributed by atoms with Gasteiger partial charge in [0, 0.05) is 30.3 Å². The molecule has 38 heavy (non-hydrogen) atoms. The molecule has 0 unspecified atom stereocenters. The minimum Gasteiger partial charge on any atom is -0.141 e. The maximum absolute atomic E-state index is 2.48. The van der Waals surface area contributed by atoms with E-state index in [-0.39, 0.29) is 10.8 Å². The van der Waals surface area contributed by atoms with Gasteiger partial charge in [0.05, 0.1) is 0 Å². The predicted molar refractivity (Wildman–Crippen MR) is 167 cm³/mol. The fraction of sp³-hybridized carbons (Fsp3) is 0.278. The number of fused-ring (bicyclic) bond motifs is 7. The molecule has 0 N–H and O–H groups in total. The number of thiophene rings is 2. The number of aryl methyl sites for hydroxylation is 4. The van der Waals surface area contributed by atoms with Gasteiger partial charge in [0.15, 0.2) is 0 Å². The largest absolute Gasteiger partial charge is 0.141 e. The second-order valence-electron chi connectivity index (χ2n) is 12.4. The third kappa shape index (κ3) is 3.14. The van der Waals surface area contributed by atoms with Gasteiger partial charge in [0.1, 0.15) is 0 Å². The molecule has 0 atom stereocenters. The highest BCUT2D eigenvalue weighted by atomic mass is 32.1. The van der Waals surface area contributed by atoms with Crippen molar-refractivity contribution in [1.82, 2.24) is 0 Å². The maximum atomic E-state index is 2.48. The van der Waals surface area contributed by atoms with Gasteiger partial charge in [0.25, 0.3) is 0 Å². The van der Waals surface area contributed by atoms with Crippen LogP contribution in [0.25, 0.3) is 43.1 Å². The second kappa shape index (κ2) is 7.81. The summed E-state index contributed by atoms with van der Waals surface area (Å²) in [6.45, 7) is 18.8. The van der Waals surface area contributed by atoms with E-state index in [1.165, 1.54) is 86.3 Å². The van der Waals surface area contributed by atoms with Crippen molar-refractivity contribution in [3.05, 3.63) is 104 Å². The highest BCUT2D eigenvalue weighted by molar-refractivity contribution is 7.15. The summed E-state index contributed by atoms with van der Waals surface area (Å²) >= 11 is 3.79. The van der Waals surface area contributed by atoms with Crippen LogP contribution in [0.15, 0.2) is 60.7 Å². The molecule has 0 fully saturated rings. The molecule has 0 bridgehead atoms. The highest BCUT2D eigenvalue weighted by Crippen LogP contribution is 2.60. The molecule has 5 aromatic rings. The second-order valence-corrected chi connectivity index (χ2v) is 15.0. The first-order chi connectivity index (χ1) is 18.0. The number of hydrogen-bond donors (Lipinski definition) is 0. The molecule has 2 aliphatic rings. The van der Waals surface area contributed by atoms with E-state index in [9.17, 15) is 0 Å². The molecule has 0 amide bonds. The standard InChI is InChI=1S/C36H34S2/c1-19-15-23(29-13-9-21(3)37-29)17-27-31(19)25-11-12-26-32-20(2)16-24(30-14-10-22(4)38-30)18-28(32)36(7,8)34(26)33(25)35(27,5)6/h9-18H,1-8H3. The van der Waals surface area contributed by atoms with Crippen molar-refractivity contribution in [2.24, 2.45) is 0 Å². The van der Waals surface area contributed by atoms with Crippen LogP contribution < -0.4 is 0 Å². The van der Waals surface area contributed by atoms with E-state index < -0.39 is 0 Å². The average molecular weight is 531 g/mol. The molecular formula is C36H34S2. The Morgan fingerprint density at radius 2 is 0.895 bits per heavy atom. The van der Waals surface area contributed by atoms with Gasteiger partial charge in [-0.25, -0.2) is 0 Å². The highest BCUT2D eigenvalue weighted by Gasteiger charge is 2.46. The van der Waals surface area contributed by atoms with Crippen molar-refractivity contribution in [2.45, 2.75) is 66.2 Å². The lowest BCUT2D eigenvalue weighted by Crippen LogP contribution is -2.24. The minimum atomic E-state index is -0.0655. The van der Waals surface area contributed by atoms with Crippen molar-refractivity contribution in [1.29, 1.82) is 0 Å². The van der Waals surface area contributed by atoms with Crippen molar-refractivity contribution >= 4 is 22.7 Å². The number of rotatable bonds is 2. The molecule has 190 valence electrons. The summed E-state index contributed by atoms with van der Waals surface area (Å²) in [5, 5.41) is 0. The van der Waals surface area contributed by atoms with Crippen LogP contribution in [-0.4, -0.2) is 0 Å². The van der Waals surface area contributed by atoms with Crippen LogP contribution in [0.1, 0.15) is 70.8 Å². The smallest absolute Gasteiger partial charge is 0.0345 e. The molecule has 3 aromatic carbocycles. The van der Waals surface area contributed by atoms with E-state index in [0.717, 1.165) is 0 Å². The molecule has 2 aliphatic carbocycles. The lowest BCUT2D eigenvalue weighted by atomic mass is 9.72. The zero-order chi connectivity index (χ0) is 26.7. The zero-order valence-corrected chi connectivity index (χ0v) is 25.2. The molecule has 0 saturated heterocycles. The van der Waals surface area contributed by atoms with E-state index in [1.54, 1.807) is 0 Å². The first-order valence-corrected chi connectivity index (χ1v) is 15.2. The summed E-state index contributed by atoms with van der Waals surface area (Å²) in [6.07, 6.45) is 0. The Hall–Kier alpha value is -2.94. The van der Waals surface area contributed by atoms with Gasteiger partial charge in [-0.2, -0.15) is 0 Å². The summed E-state index contributed by atoms with van der Waals surface area (Å²) in [6, 6.07) is 23.7. The quantitative estimate of drug-likeness (QED) is 0.213. The third-order valence-corrected chi connectivity index (χ3v) is 11.2. The Labute approximate surface area is 235 Å². The van der Waals surface area contributed by atoms with E-state index in [4.69, 9.17) is 0 Å². The first-order valence-electron chi connectivity index (χ1n) is 13.6. The first kappa shape index (κ1) is 24.1. The van der Waals surface area contributed by atoms with E-state index in [2.05, 4.69) is 116 Å². The number of benzene rings is 3. The van der Waals surface area contributed by atoms with Crippen molar-refractivity contribution in [2.75, 3.05) is 0 Å². The van der Waals surface area contributed by atoms with E-state index in [0.29, 0.717) is 0 Å². The molecule has 7 rings (SSSR count). The molecule has 0 saturated carbocycles. The van der Waals surface area contributed by atoms with Crippen molar-refractivity contribution in [3.63, 3.8) is 0 Å². The van der Waals surface area contributed by atoms with Crippen molar-refractivity contribution in [3.8, 4) is 43.1 Å². The Morgan fingerprint density at radius 1 is 0.500 bits per heavy atom. The fourth-order valence-corrected chi connectivity index (χ4v) is 9.04. The van der Waals surface area contributed by atoms with Crippen LogP contribution in [0.5, 0.6) is 0 Å². The maximum Gasteiger partial charge on any atom is 0.0345 e. The van der Waals surface area contributed by atoms with Gasteiger partial charge in [-0.05, 0) is 143 Å². The third-order valence-electron chi connectivity index (χ3n) is 9.06. The zero-order valence-electron chi connectivity index (χ0n) is 23.6. The van der Waals surface area contributed by atoms with Crippen LogP contribution in [0, 0.1) is 27.7 Å². The SMILES string of the molecule is Cc1ccc(-c2cc(C)c3c(c2)C(C)(C)c2c-3ccc3c2C(C)(C)c2cc(-c4ccc(C)s4)cc(C)c2-3)s1. The molecule has 0 nitrogen and oxygen atoms in total. The molecule has 0 radical (unpaired) electrons. The molecule has 0 spiro atoms. The average Bonchev–Trinajstić information content (AvgIpc) is 3.59. The minimum absolute atomic E-state index is 0.0655. The van der Waals surface area contributed by atoms with E-state index in [1.807, 2.05) is 22.7 Å². The molecular weight excluding hydrogens is 497 g/mol. The van der Waals surface area contributed by atoms with Gasteiger partial charge >= 0.3 is 0 Å². The number of hydrogen-bond acceptors (Lipinski definition) is 2. The summed E-state index contributed by atoms with van der Waals surface area (Å²) in [5.41, 5.74) is 17.1.